The molecule has 0 aliphatic carbocycles. The fourth-order valence-corrected chi connectivity index (χ4v) is 1.92. The van der Waals surface area contributed by atoms with Crippen LogP contribution in [-0.2, 0) is 14.3 Å². The van der Waals surface area contributed by atoms with E-state index in [0.717, 1.165) is 26.1 Å². The summed E-state index contributed by atoms with van der Waals surface area (Å²) in [6.07, 6.45) is 2.03. The van der Waals surface area contributed by atoms with E-state index < -0.39 is 11.9 Å². The first kappa shape index (κ1) is 14.0. The highest BCUT2D eigenvalue weighted by molar-refractivity contribution is 5.81. The van der Waals surface area contributed by atoms with Crippen molar-refractivity contribution in [2.24, 2.45) is 11.8 Å². The zero-order valence-corrected chi connectivity index (χ0v) is 10.5. The summed E-state index contributed by atoms with van der Waals surface area (Å²) in [6, 6.07) is 0. The van der Waals surface area contributed by atoms with Crippen LogP contribution >= 0.6 is 0 Å². The quantitative estimate of drug-likeness (QED) is 0.781. The number of aliphatic carboxylic acids is 1. The molecule has 5 heteroatoms. The highest BCUT2D eigenvalue weighted by Crippen LogP contribution is 2.16. The summed E-state index contributed by atoms with van der Waals surface area (Å²) in [5.41, 5.74) is 0. The average molecular weight is 243 g/mol. The lowest BCUT2D eigenvalue weighted by molar-refractivity contribution is -0.145. The molecule has 1 rings (SSSR count). The molecule has 1 aliphatic heterocycles. The van der Waals surface area contributed by atoms with Crippen LogP contribution in [0.4, 0.5) is 0 Å². The molecule has 0 saturated carbocycles. The zero-order chi connectivity index (χ0) is 12.8. The van der Waals surface area contributed by atoms with Crippen molar-refractivity contribution in [2.45, 2.75) is 26.2 Å². The number of carbonyl (C=O) groups is 2. The van der Waals surface area contributed by atoms with E-state index in [1.807, 2.05) is 0 Å². The molecule has 1 atom stereocenters. The summed E-state index contributed by atoms with van der Waals surface area (Å²) in [4.78, 5) is 24.1. The number of ether oxygens (including phenoxy) is 1. The Bertz CT molecular complexity index is 274. The van der Waals surface area contributed by atoms with Crippen LogP contribution in [-0.4, -0.2) is 48.7 Å². The van der Waals surface area contributed by atoms with Gasteiger partial charge >= 0.3 is 5.97 Å². The first-order valence-electron chi connectivity index (χ1n) is 6.05. The van der Waals surface area contributed by atoms with Gasteiger partial charge in [-0.2, -0.15) is 0 Å². The molecule has 1 N–H and O–H groups in total. The van der Waals surface area contributed by atoms with Gasteiger partial charge in [-0.1, -0.05) is 6.92 Å². The smallest absolute Gasteiger partial charge is 0.306 e. The van der Waals surface area contributed by atoms with Gasteiger partial charge in [-0.05, 0) is 18.8 Å². The number of carbonyl (C=O) groups excluding carboxylic acids is 1. The third kappa shape index (κ3) is 4.73. The van der Waals surface area contributed by atoms with Crippen LogP contribution in [0.3, 0.4) is 0 Å². The number of rotatable bonds is 5. The van der Waals surface area contributed by atoms with Gasteiger partial charge in [0.15, 0.2) is 0 Å². The maximum atomic E-state index is 11.8. The second kappa shape index (κ2) is 6.59. The third-order valence-corrected chi connectivity index (χ3v) is 3.20. The number of hydrogen-bond acceptors (Lipinski definition) is 3. The van der Waals surface area contributed by atoms with Gasteiger partial charge in [-0.15, -0.1) is 0 Å². The summed E-state index contributed by atoms with van der Waals surface area (Å²) in [7, 11) is 1.74. The van der Waals surface area contributed by atoms with Crippen LogP contribution < -0.4 is 0 Å². The topological polar surface area (TPSA) is 66.8 Å². The van der Waals surface area contributed by atoms with E-state index in [0.29, 0.717) is 12.5 Å². The van der Waals surface area contributed by atoms with Crippen molar-refractivity contribution in [1.82, 2.24) is 4.90 Å². The predicted octanol–water partition coefficient (Wildman–Crippen LogP) is 0.982. The Morgan fingerprint density at radius 3 is 2.53 bits per heavy atom. The molecule has 0 aromatic carbocycles. The standard InChI is InChI=1S/C12H21NO4/c1-9(12(15)16)7-11(14)13(2)8-10-3-5-17-6-4-10/h9-10H,3-8H2,1-2H3,(H,15,16). The summed E-state index contributed by atoms with van der Waals surface area (Å²) >= 11 is 0. The molecule has 98 valence electrons. The van der Waals surface area contributed by atoms with Gasteiger partial charge in [0.2, 0.25) is 5.91 Å². The van der Waals surface area contributed by atoms with Crippen LogP contribution in [0.1, 0.15) is 26.2 Å². The molecule has 1 unspecified atom stereocenters. The van der Waals surface area contributed by atoms with Gasteiger partial charge < -0.3 is 14.7 Å². The Hall–Kier alpha value is -1.10. The summed E-state index contributed by atoms with van der Waals surface area (Å²) < 4.78 is 5.26. The van der Waals surface area contributed by atoms with Gasteiger partial charge in [-0.25, -0.2) is 0 Å². The van der Waals surface area contributed by atoms with Gasteiger partial charge in [0.25, 0.3) is 0 Å². The second-order valence-electron chi connectivity index (χ2n) is 4.77. The molecule has 1 aliphatic rings. The Labute approximate surface area is 102 Å². The largest absolute Gasteiger partial charge is 0.481 e. The van der Waals surface area contributed by atoms with Crippen molar-refractivity contribution in [3.05, 3.63) is 0 Å². The molecule has 0 spiro atoms. The Morgan fingerprint density at radius 2 is 2.00 bits per heavy atom. The van der Waals surface area contributed by atoms with E-state index in [2.05, 4.69) is 0 Å². The third-order valence-electron chi connectivity index (χ3n) is 3.20. The summed E-state index contributed by atoms with van der Waals surface area (Å²) in [6.45, 7) is 3.79. The number of hydrogen-bond donors (Lipinski definition) is 1. The number of nitrogens with zero attached hydrogens (tertiary/aromatic N) is 1. The molecule has 0 radical (unpaired) electrons. The number of carboxylic acid groups (broad SMARTS) is 1. The fraction of sp³-hybridized carbons (Fsp3) is 0.833. The molecule has 5 nitrogen and oxygen atoms in total. The van der Waals surface area contributed by atoms with E-state index in [9.17, 15) is 9.59 Å². The van der Waals surface area contributed by atoms with Gasteiger partial charge in [0, 0.05) is 33.2 Å². The molecule has 1 saturated heterocycles. The van der Waals surface area contributed by atoms with Crippen LogP contribution in [0.15, 0.2) is 0 Å². The Morgan fingerprint density at radius 1 is 1.41 bits per heavy atom. The predicted molar refractivity (Wildman–Crippen MR) is 62.6 cm³/mol. The fourth-order valence-electron chi connectivity index (χ4n) is 1.92. The minimum absolute atomic E-state index is 0.0784. The monoisotopic (exact) mass is 243 g/mol. The lowest BCUT2D eigenvalue weighted by atomic mass is 9.99. The second-order valence-corrected chi connectivity index (χ2v) is 4.77. The van der Waals surface area contributed by atoms with Crippen LogP contribution in [0.2, 0.25) is 0 Å². The van der Waals surface area contributed by atoms with Crippen molar-refractivity contribution in [3.8, 4) is 0 Å². The van der Waals surface area contributed by atoms with Crippen LogP contribution in [0.5, 0.6) is 0 Å². The van der Waals surface area contributed by atoms with E-state index in [1.165, 1.54) is 0 Å². The molecular weight excluding hydrogens is 222 g/mol. The van der Waals surface area contributed by atoms with E-state index in [4.69, 9.17) is 9.84 Å². The number of amides is 1. The molecule has 1 amide bonds. The highest BCUT2D eigenvalue weighted by Gasteiger charge is 2.21. The van der Waals surface area contributed by atoms with Gasteiger partial charge in [0.1, 0.15) is 0 Å². The molecule has 0 bridgehead atoms. The lowest BCUT2D eigenvalue weighted by Gasteiger charge is -2.27. The first-order valence-corrected chi connectivity index (χ1v) is 6.05. The molecule has 0 aromatic rings. The minimum atomic E-state index is -0.919. The SMILES string of the molecule is CC(CC(=O)N(C)CC1CCOCC1)C(=O)O. The molecule has 0 aromatic heterocycles. The van der Waals surface area contributed by atoms with Gasteiger partial charge in [0.05, 0.1) is 5.92 Å². The molecular formula is C12H21NO4. The van der Waals surface area contributed by atoms with Crippen molar-refractivity contribution >= 4 is 11.9 Å². The average Bonchev–Trinajstić information content (AvgIpc) is 2.29. The van der Waals surface area contributed by atoms with E-state index in [1.54, 1.807) is 18.9 Å². The van der Waals surface area contributed by atoms with E-state index >= 15 is 0 Å². The van der Waals surface area contributed by atoms with Crippen molar-refractivity contribution < 1.29 is 19.4 Å². The summed E-state index contributed by atoms with van der Waals surface area (Å²) in [5.74, 6) is -1.14. The maximum absolute atomic E-state index is 11.8. The minimum Gasteiger partial charge on any atom is -0.481 e. The van der Waals surface area contributed by atoms with Crippen LogP contribution in [0, 0.1) is 11.8 Å². The normalized spacial score (nSPS) is 18.7. The molecule has 1 fully saturated rings. The Kier molecular flexibility index (Phi) is 5.41. The highest BCUT2D eigenvalue weighted by atomic mass is 16.5. The number of carboxylic acids is 1. The van der Waals surface area contributed by atoms with E-state index in [-0.39, 0.29) is 12.3 Å². The van der Waals surface area contributed by atoms with Crippen molar-refractivity contribution in [3.63, 3.8) is 0 Å². The van der Waals surface area contributed by atoms with Crippen LogP contribution in [0.25, 0.3) is 0 Å². The van der Waals surface area contributed by atoms with Gasteiger partial charge in [-0.3, -0.25) is 9.59 Å². The summed E-state index contributed by atoms with van der Waals surface area (Å²) in [5, 5.41) is 8.75. The van der Waals surface area contributed by atoms with Crippen molar-refractivity contribution in [2.75, 3.05) is 26.8 Å². The first-order chi connectivity index (χ1) is 8.00. The zero-order valence-electron chi connectivity index (χ0n) is 10.5. The molecule has 1 heterocycles. The Balaban J connectivity index is 2.33. The molecule has 17 heavy (non-hydrogen) atoms. The lowest BCUT2D eigenvalue weighted by Crippen LogP contribution is -2.35. The van der Waals surface area contributed by atoms with Crippen molar-refractivity contribution in [1.29, 1.82) is 0 Å². The maximum Gasteiger partial charge on any atom is 0.306 e.